The Bertz CT molecular complexity index is 1030. The van der Waals surface area contributed by atoms with Crippen molar-refractivity contribution < 1.29 is 0 Å². The molecule has 2 nitrogen and oxygen atoms in total. The number of pyridine rings is 1. The van der Waals surface area contributed by atoms with E-state index in [4.69, 9.17) is 0 Å². The Kier molecular flexibility index (Phi) is 4.64. The maximum absolute atomic E-state index is 4.48. The van der Waals surface area contributed by atoms with Crippen molar-refractivity contribution in [1.82, 2.24) is 9.55 Å². The minimum Gasteiger partial charge on any atom is -0.336 e. The Labute approximate surface area is 186 Å². The van der Waals surface area contributed by atoms with Crippen LogP contribution in [0.1, 0.15) is 75.1 Å². The maximum Gasteiger partial charge on any atom is 0.0524 e. The standard InChI is InChI=1S/C27H32N2.ClH/c1-2-19-7-8-21-13-18(15-22-14-17-4-6-20(22)12-17)5-9-25(21)29-26-10-11-28-16-24(26)23(3-1)27(19)29;/h2,7-8,10-11,16-18,20-22,25H,1,3-6,9,12-15H2;1H. The van der Waals surface area contributed by atoms with E-state index >= 15 is 0 Å². The molecule has 3 fully saturated rings. The number of nitrogens with zero attached hydrogens (tertiary/aromatic N) is 2. The van der Waals surface area contributed by atoms with Crippen molar-refractivity contribution in [3.05, 3.63) is 47.9 Å². The average molecular weight is 421 g/mol. The fraction of sp³-hybridized carbons (Fsp3) is 0.593. The molecule has 3 heteroatoms. The number of hydrogen-bond donors (Lipinski definition) is 0. The summed E-state index contributed by atoms with van der Waals surface area (Å²) in [5.41, 5.74) is 5.99. The van der Waals surface area contributed by atoms with Gasteiger partial charge in [0.1, 0.15) is 0 Å². The first-order chi connectivity index (χ1) is 14.3. The Morgan fingerprint density at radius 3 is 2.90 bits per heavy atom. The van der Waals surface area contributed by atoms with Gasteiger partial charge in [0.25, 0.3) is 0 Å². The average Bonchev–Trinajstić information content (AvgIpc) is 3.42. The highest BCUT2D eigenvalue weighted by atomic mass is 35.5. The van der Waals surface area contributed by atoms with Crippen LogP contribution in [0.2, 0.25) is 0 Å². The predicted molar refractivity (Wildman–Crippen MR) is 126 cm³/mol. The van der Waals surface area contributed by atoms with Gasteiger partial charge in [-0.3, -0.25) is 4.98 Å². The number of hydrogen-bond acceptors (Lipinski definition) is 1. The molecule has 0 spiro atoms. The molecule has 4 aliphatic carbocycles. The molecule has 6 unspecified atom stereocenters. The van der Waals surface area contributed by atoms with Gasteiger partial charge in [-0.25, -0.2) is 0 Å². The van der Waals surface area contributed by atoms with Crippen molar-refractivity contribution in [2.45, 2.75) is 70.3 Å². The molecule has 1 aliphatic heterocycles. The van der Waals surface area contributed by atoms with E-state index in [0.717, 1.165) is 23.7 Å². The van der Waals surface area contributed by atoms with Crippen LogP contribution in [0.5, 0.6) is 0 Å². The summed E-state index contributed by atoms with van der Waals surface area (Å²) in [7, 11) is 0. The molecule has 2 bridgehead atoms. The largest absolute Gasteiger partial charge is 0.336 e. The fourth-order valence-electron chi connectivity index (χ4n) is 8.09. The van der Waals surface area contributed by atoms with Crippen molar-refractivity contribution in [3.63, 3.8) is 0 Å². The number of aromatic nitrogens is 2. The summed E-state index contributed by atoms with van der Waals surface area (Å²) < 4.78 is 2.75. The molecule has 30 heavy (non-hydrogen) atoms. The summed E-state index contributed by atoms with van der Waals surface area (Å²) in [5, 5.41) is 1.41. The summed E-state index contributed by atoms with van der Waals surface area (Å²) in [6.45, 7) is 0. The van der Waals surface area contributed by atoms with Crippen LogP contribution < -0.4 is 0 Å². The third-order valence-corrected chi connectivity index (χ3v) is 9.29. The van der Waals surface area contributed by atoms with Crippen molar-refractivity contribution >= 4 is 28.9 Å². The molecule has 0 saturated heterocycles. The van der Waals surface area contributed by atoms with E-state index in [2.05, 4.69) is 40.0 Å². The Balaban J connectivity index is 0.00000175. The molecule has 7 rings (SSSR count). The van der Waals surface area contributed by atoms with E-state index in [-0.39, 0.29) is 12.4 Å². The van der Waals surface area contributed by atoms with Gasteiger partial charge in [-0.05, 0) is 105 Å². The molecule has 5 aliphatic rings. The quantitative estimate of drug-likeness (QED) is 0.504. The van der Waals surface area contributed by atoms with Crippen LogP contribution in [-0.2, 0) is 6.42 Å². The SMILES string of the molecule is C1=CC2CC(CC3CC4CCC3C4)CCC2n2c3c(c4cnccc42)CCC=C13.Cl. The van der Waals surface area contributed by atoms with E-state index < -0.39 is 0 Å². The van der Waals surface area contributed by atoms with Gasteiger partial charge in [0, 0.05) is 23.8 Å². The lowest BCUT2D eigenvalue weighted by Gasteiger charge is -2.38. The molecule has 2 aromatic rings. The van der Waals surface area contributed by atoms with Crippen LogP contribution in [0.3, 0.4) is 0 Å². The summed E-state index contributed by atoms with van der Waals surface area (Å²) in [6, 6.07) is 2.91. The lowest BCUT2D eigenvalue weighted by molar-refractivity contribution is 0.173. The van der Waals surface area contributed by atoms with Gasteiger partial charge in [-0.1, -0.05) is 24.6 Å². The lowest BCUT2D eigenvalue weighted by Crippen LogP contribution is -2.28. The number of halogens is 1. The van der Waals surface area contributed by atoms with E-state index in [9.17, 15) is 0 Å². The van der Waals surface area contributed by atoms with Crippen LogP contribution in [0, 0.1) is 29.6 Å². The summed E-state index contributed by atoms with van der Waals surface area (Å²) in [6.07, 6.45) is 25.9. The topological polar surface area (TPSA) is 17.8 Å². The normalized spacial score (nSPS) is 36.1. The first-order valence-electron chi connectivity index (χ1n) is 12.2. The minimum atomic E-state index is 0. The fourth-order valence-corrected chi connectivity index (χ4v) is 8.09. The first-order valence-corrected chi connectivity index (χ1v) is 12.2. The molecule has 2 aromatic heterocycles. The molecular formula is C27H33ClN2. The van der Waals surface area contributed by atoms with Crippen LogP contribution in [0.25, 0.3) is 16.5 Å². The van der Waals surface area contributed by atoms with Gasteiger partial charge >= 0.3 is 0 Å². The first kappa shape index (κ1) is 19.2. The van der Waals surface area contributed by atoms with Crippen LogP contribution in [0.15, 0.2) is 36.7 Å². The minimum absolute atomic E-state index is 0. The Morgan fingerprint density at radius 2 is 2.03 bits per heavy atom. The van der Waals surface area contributed by atoms with Gasteiger partial charge in [-0.2, -0.15) is 0 Å². The molecule has 0 amide bonds. The second-order valence-corrected chi connectivity index (χ2v) is 10.7. The van der Waals surface area contributed by atoms with Crippen molar-refractivity contribution in [2.75, 3.05) is 0 Å². The highest BCUT2D eigenvalue weighted by Gasteiger charge is 2.42. The van der Waals surface area contributed by atoms with Crippen LogP contribution in [-0.4, -0.2) is 9.55 Å². The molecule has 3 heterocycles. The van der Waals surface area contributed by atoms with Gasteiger partial charge in [0.15, 0.2) is 0 Å². The van der Waals surface area contributed by atoms with Crippen molar-refractivity contribution in [2.24, 2.45) is 29.6 Å². The van der Waals surface area contributed by atoms with Gasteiger partial charge in [-0.15, -0.1) is 12.4 Å². The van der Waals surface area contributed by atoms with Gasteiger partial charge in [0.05, 0.1) is 11.2 Å². The third kappa shape index (κ3) is 2.79. The number of allylic oxidation sites excluding steroid dienone is 4. The summed E-state index contributed by atoms with van der Waals surface area (Å²) in [5.74, 6) is 4.89. The zero-order chi connectivity index (χ0) is 18.9. The zero-order valence-corrected chi connectivity index (χ0v) is 18.6. The Morgan fingerprint density at radius 1 is 1.07 bits per heavy atom. The van der Waals surface area contributed by atoms with Crippen LogP contribution >= 0.6 is 12.4 Å². The summed E-state index contributed by atoms with van der Waals surface area (Å²) >= 11 is 0. The van der Waals surface area contributed by atoms with Crippen molar-refractivity contribution in [3.8, 4) is 0 Å². The van der Waals surface area contributed by atoms with E-state index in [0.29, 0.717) is 12.0 Å². The zero-order valence-electron chi connectivity index (χ0n) is 17.8. The highest BCUT2D eigenvalue weighted by Crippen LogP contribution is 2.53. The number of rotatable bonds is 2. The molecule has 158 valence electrons. The Hall–Kier alpha value is -1.54. The lowest BCUT2D eigenvalue weighted by atomic mass is 9.72. The maximum atomic E-state index is 4.48. The van der Waals surface area contributed by atoms with Gasteiger partial charge < -0.3 is 4.57 Å². The van der Waals surface area contributed by atoms with Crippen molar-refractivity contribution in [1.29, 1.82) is 0 Å². The second-order valence-electron chi connectivity index (χ2n) is 10.7. The monoisotopic (exact) mass is 420 g/mol. The predicted octanol–water partition coefficient (Wildman–Crippen LogP) is 7.14. The third-order valence-electron chi connectivity index (χ3n) is 9.29. The molecule has 0 aromatic carbocycles. The smallest absolute Gasteiger partial charge is 0.0524 e. The second kappa shape index (κ2) is 7.26. The van der Waals surface area contributed by atoms with E-state index in [1.807, 2.05) is 6.20 Å². The molecular weight excluding hydrogens is 388 g/mol. The number of aryl methyl sites for hydroxylation is 1. The molecule has 3 saturated carbocycles. The molecule has 0 radical (unpaired) electrons. The molecule has 6 atom stereocenters. The van der Waals surface area contributed by atoms with Crippen LogP contribution in [0.4, 0.5) is 0 Å². The number of fused-ring (bicyclic) bond motifs is 7. The summed E-state index contributed by atoms with van der Waals surface area (Å²) in [4.78, 5) is 4.48. The van der Waals surface area contributed by atoms with E-state index in [1.54, 1.807) is 18.4 Å². The van der Waals surface area contributed by atoms with Gasteiger partial charge in [0.2, 0.25) is 0 Å². The molecule has 0 N–H and O–H groups in total. The highest BCUT2D eigenvalue weighted by molar-refractivity contribution is 5.93. The van der Waals surface area contributed by atoms with E-state index in [1.165, 1.54) is 73.5 Å².